The van der Waals surface area contributed by atoms with Crippen molar-refractivity contribution < 1.29 is 31.7 Å². The first kappa shape index (κ1) is 34.9. The van der Waals surface area contributed by atoms with E-state index >= 15 is 0 Å². The summed E-state index contributed by atoms with van der Waals surface area (Å²) >= 11 is 0. The fourth-order valence-corrected chi connectivity index (χ4v) is 9.18. The summed E-state index contributed by atoms with van der Waals surface area (Å²) in [5.41, 5.74) is 6.02. The number of hydrogen-bond donors (Lipinski definition) is 0. The molecule has 2 aliphatic heterocycles. The van der Waals surface area contributed by atoms with Crippen molar-refractivity contribution in [2.45, 2.75) is 90.3 Å². The number of allylic oxidation sites excluding steroid dienone is 3. The maximum absolute atomic E-state index is 14.4. The van der Waals surface area contributed by atoms with Gasteiger partial charge < -0.3 is 13.6 Å². The van der Waals surface area contributed by atoms with Gasteiger partial charge in [0, 0.05) is 49.1 Å². The van der Waals surface area contributed by atoms with E-state index in [1.165, 1.54) is 5.57 Å². The van der Waals surface area contributed by atoms with Crippen LogP contribution in [0.2, 0.25) is 0 Å². The maximum Gasteiger partial charge on any atom is 0.530 e. The Balaban J connectivity index is 1.41. The minimum Gasteiger partial charge on any atom is -0.426 e. The molecule has 256 valence electrons. The zero-order valence-corrected chi connectivity index (χ0v) is 29.9. The van der Waals surface area contributed by atoms with E-state index < -0.39 is 22.5 Å². The summed E-state index contributed by atoms with van der Waals surface area (Å²) in [5, 5.41) is 0. The monoisotopic (exact) mass is 692 g/mol. The van der Waals surface area contributed by atoms with Crippen LogP contribution >= 0.6 is 16.4 Å². The number of nitrogens with zero attached hydrogens (tertiary/aromatic N) is 2. The SMILES string of the molecule is C=C(C)C1CCC(C)=CC1c1c(OP2OCCC(c3ccncc3)O2)cc(CCCCC)cc1OP1(=O)OCCC(c2ccncc2)O1. The van der Waals surface area contributed by atoms with Crippen LogP contribution in [0.5, 0.6) is 11.5 Å². The van der Waals surface area contributed by atoms with Gasteiger partial charge in [0.05, 0.1) is 25.4 Å². The largest absolute Gasteiger partial charge is 0.530 e. The van der Waals surface area contributed by atoms with Crippen LogP contribution in [0.4, 0.5) is 0 Å². The normalized spacial score (nSPS) is 27.6. The fraction of sp³-hybridized carbons (Fsp3) is 0.459. The van der Waals surface area contributed by atoms with E-state index in [0.717, 1.165) is 66.4 Å². The van der Waals surface area contributed by atoms with Crippen LogP contribution in [0.15, 0.2) is 85.0 Å². The van der Waals surface area contributed by atoms with Gasteiger partial charge in [-0.05, 0) is 98.5 Å². The minimum absolute atomic E-state index is 0.119. The van der Waals surface area contributed by atoms with E-state index in [4.69, 9.17) is 27.1 Å². The first-order valence-corrected chi connectivity index (χ1v) is 19.6. The van der Waals surface area contributed by atoms with Crippen LogP contribution in [-0.2, 0) is 29.1 Å². The lowest BCUT2D eigenvalue weighted by molar-refractivity contribution is 0.0506. The number of aryl methyl sites for hydroxylation is 1. The van der Waals surface area contributed by atoms with Gasteiger partial charge in [0.1, 0.15) is 11.5 Å². The molecule has 4 heterocycles. The number of pyridine rings is 2. The van der Waals surface area contributed by atoms with Crippen molar-refractivity contribution in [3.05, 3.63) is 107 Å². The molecule has 6 unspecified atom stereocenters. The second-order valence-electron chi connectivity index (χ2n) is 12.8. The molecule has 9 nitrogen and oxygen atoms in total. The zero-order valence-electron chi connectivity index (χ0n) is 28.1. The molecule has 2 aromatic heterocycles. The highest BCUT2D eigenvalue weighted by atomic mass is 31.2. The van der Waals surface area contributed by atoms with Crippen LogP contribution < -0.4 is 9.05 Å². The Hall–Kier alpha value is -2.90. The van der Waals surface area contributed by atoms with Gasteiger partial charge >= 0.3 is 16.4 Å². The number of rotatable bonds is 12. The highest BCUT2D eigenvalue weighted by Crippen LogP contribution is 2.60. The molecule has 1 aliphatic carbocycles. The highest BCUT2D eigenvalue weighted by molar-refractivity contribution is 7.49. The minimum atomic E-state index is -4.04. The van der Waals surface area contributed by atoms with Gasteiger partial charge in [0.15, 0.2) is 0 Å². The van der Waals surface area contributed by atoms with E-state index in [1.54, 1.807) is 24.8 Å². The quantitative estimate of drug-likeness (QED) is 0.104. The van der Waals surface area contributed by atoms with Crippen molar-refractivity contribution in [1.29, 1.82) is 0 Å². The molecule has 2 saturated heterocycles. The van der Waals surface area contributed by atoms with Crippen LogP contribution in [0.25, 0.3) is 0 Å². The maximum atomic E-state index is 14.4. The first-order valence-electron chi connectivity index (χ1n) is 17.0. The molecule has 48 heavy (non-hydrogen) atoms. The number of hydrogen-bond acceptors (Lipinski definition) is 9. The van der Waals surface area contributed by atoms with Gasteiger partial charge in [-0.1, -0.05) is 43.6 Å². The van der Waals surface area contributed by atoms with Gasteiger partial charge in [-0.25, -0.2) is 4.57 Å². The molecular weight excluding hydrogens is 646 g/mol. The molecular formula is C37H46N2O7P2. The van der Waals surface area contributed by atoms with E-state index in [1.807, 2.05) is 30.3 Å². The summed E-state index contributed by atoms with van der Waals surface area (Å²) in [5.74, 6) is 0.997. The van der Waals surface area contributed by atoms with Gasteiger partial charge in [-0.2, -0.15) is 0 Å². The third-order valence-corrected chi connectivity index (χ3v) is 11.8. The van der Waals surface area contributed by atoms with E-state index in [-0.39, 0.29) is 24.5 Å². The Morgan fingerprint density at radius 2 is 1.67 bits per heavy atom. The molecule has 6 atom stereocenters. The number of phosphoric acid groups is 1. The lowest BCUT2D eigenvalue weighted by Gasteiger charge is -2.35. The molecule has 2 fully saturated rings. The molecule has 0 amide bonds. The molecule has 0 spiro atoms. The molecule has 3 aromatic rings. The van der Waals surface area contributed by atoms with E-state index in [2.05, 4.69) is 49.5 Å². The molecule has 0 radical (unpaired) electrons. The van der Waals surface area contributed by atoms with Gasteiger partial charge in [0.2, 0.25) is 0 Å². The molecule has 0 saturated carbocycles. The summed E-state index contributed by atoms with van der Waals surface area (Å²) in [6.45, 7) is 11.5. The smallest absolute Gasteiger partial charge is 0.426 e. The van der Waals surface area contributed by atoms with Crippen molar-refractivity contribution >= 4 is 16.4 Å². The number of aromatic nitrogens is 2. The zero-order chi connectivity index (χ0) is 33.5. The molecule has 6 rings (SSSR count). The first-order chi connectivity index (χ1) is 23.3. The standard InChI is InChI=1S/C37H46N2O7P2/c1-5-6-7-8-28-24-35(44-47-41-21-15-33(43-47)29-11-17-38-18-12-29)37(32-23-27(4)9-10-31(32)26(2)3)36(25-28)46-48(40)42-22-16-34(45-48)30-13-19-39-20-14-30/h11-14,17-20,23-25,31-34H,2,5-10,15-16,21-22H2,1,3-4H3. The third-order valence-electron chi connectivity index (χ3n) is 9.16. The lowest BCUT2D eigenvalue weighted by Crippen LogP contribution is -2.20. The van der Waals surface area contributed by atoms with E-state index in [0.29, 0.717) is 30.9 Å². The second-order valence-corrected chi connectivity index (χ2v) is 15.5. The van der Waals surface area contributed by atoms with Crippen LogP contribution in [0.1, 0.15) is 106 Å². The van der Waals surface area contributed by atoms with Crippen molar-refractivity contribution in [3.8, 4) is 11.5 Å². The predicted octanol–water partition coefficient (Wildman–Crippen LogP) is 10.7. The van der Waals surface area contributed by atoms with Gasteiger partial charge in [-0.3, -0.25) is 23.5 Å². The van der Waals surface area contributed by atoms with E-state index in [9.17, 15) is 4.57 Å². The van der Waals surface area contributed by atoms with Gasteiger partial charge in [-0.15, -0.1) is 0 Å². The summed E-state index contributed by atoms with van der Waals surface area (Å²) in [6.07, 6.45) is 15.7. The van der Waals surface area contributed by atoms with Crippen molar-refractivity contribution in [1.82, 2.24) is 9.97 Å². The van der Waals surface area contributed by atoms with Crippen LogP contribution in [0.3, 0.4) is 0 Å². The molecule has 3 aliphatic rings. The Morgan fingerprint density at radius 1 is 0.979 bits per heavy atom. The Morgan fingerprint density at radius 3 is 2.38 bits per heavy atom. The average Bonchev–Trinajstić information content (AvgIpc) is 3.09. The third kappa shape index (κ3) is 8.63. The van der Waals surface area contributed by atoms with Crippen molar-refractivity contribution in [2.24, 2.45) is 5.92 Å². The lowest BCUT2D eigenvalue weighted by atomic mass is 9.73. The average molecular weight is 693 g/mol. The molecule has 11 heteroatoms. The summed E-state index contributed by atoms with van der Waals surface area (Å²) in [7, 11) is -5.80. The summed E-state index contributed by atoms with van der Waals surface area (Å²) < 4.78 is 52.1. The summed E-state index contributed by atoms with van der Waals surface area (Å²) in [6, 6.07) is 11.7. The van der Waals surface area contributed by atoms with Gasteiger partial charge in [0.25, 0.3) is 0 Å². The topological polar surface area (TPSA) is 98.2 Å². The Kier molecular flexibility index (Phi) is 11.8. The number of benzene rings is 1. The second kappa shape index (κ2) is 16.2. The van der Waals surface area contributed by atoms with Crippen molar-refractivity contribution in [2.75, 3.05) is 13.2 Å². The van der Waals surface area contributed by atoms with Crippen molar-refractivity contribution in [3.63, 3.8) is 0 Å². The van der Waals surface area contributed by atoms with Crippen LogP contribution in [-0.4, -0.2) is 23.2 Å². The molecule has 0 N–H and O–H groups in total. The number of phosphoric ester groups is 1. The molecule has 0 bridgehead atoms. The molecule has 1 aromatic carbocycles. The Labute approximate surface area is 285 Å². The number of unbranched alkanes of at least 4 members (excludes halogenated alkanes) is 2. The van der Waals surface area contributed by atoms with Crippen LogP contribution in [0, 0.1) is 5.92 Å². The highest BCUT2D eigenvalue weighted by Gasteiger charge is 2.41. The fourth-order valence-electron chi connectivity index (χ4n) is 6.60. The summed E-state index contributed by atoms with van der Waals surface area (Å²) in [4.78, 5) is 8.28. The Bertz CT molecular complexity index is 1620. The predicted molar refractivity (Wildman–Crippen MR) is 187 cm³/mol.